The number of hydrogen-bond donors (Lipinski definition) is 1. The summed E-state index contributed by atoms with van der Waals surface area (Å²) in [6.07, 6.45) is 1.97. The van der Waals surface area contributed by atoms with Crippen LogP contribution in [-0.2, 0) is 4.79 Å². The van der Waals surface area contributed by atoms with Gasteiger partial charge in [0.15, 0.2) is 0 Å². The highest BCUT2D eigenvalue weighted by Gasteiger charge is 2.30. The Labute approximate surface area is 77.9 Å². The lowest BCUT2D eigenvalue weighted by molar-refractivity contribution is -0.117. The molecule has 0 radical (unpaired) electrons. The van der Waals surface area contributed by atoms with E-state index < -0.39 is 0 Å². The smallest absolute Gasteiger partial charge is 0.229 e. The summed E-state index contributed by atoms with van der Waals surface area (Å²) in [4.78, 5) is 11.2. The molecule has 1 aromatic heterocycles. The Bertz CT molecular complexity index is 309. The molecule has 1 heterocycles. The van der Waals surface area contributed by atoms with Crippen molar-refractivity contribution < 1.29 is 4.79 Å². The molecule has 0 unspecified atom stereocenters. The Kier molecular flexibility index (Phi) is 1.98. The summed E-state index contributed by atoms with van der Waals surface area (Å²) in [6, 6.07) is 0. The minimum Gasteiger partial charge on any atom is -0.300 e. The second-order valence-corrected chi connectivity index (χ2v) is 4.18. The molecule has 1 N–H and O–H groups in total. The van der Waals surface area contributed by atoms with Crippen molar-refractivity contribution in [2.24, 2.45) is 5.92 Å². The average molecular weight is 204 g/mol. The zero-order valence-electron chi connectivity index (χ0n) is 6.08. The fraction of sp³-hybridized carbons (Fsp3) is 0.500. The van der Waals surface area contributed by atoms with Gasteiger partial charge < -0.3 is 5.32 Å². The molecule has 0 aromatic carbocycles. The number of aromatic nitrogens is 2. The Balaban J connectivity index is 1.98. The van der Waals surface area contributed by atoms with Gasteiger partial charge in [-0.15, -0.1) is 10.2 Å². The van der Waals surface area contributed by atoms with Gasteiger partial charge in [-0.25, -0.2) is 0 Å². The van der Waals surface area contributed by atoms with E-state index in [1.807, 2.05) is 0 Å². The Morgan fingerprint density at radius 1 is 1.58 bits per heavy atom. The van der Waals surface area contributed by atoms with Crippen LogP contribution in [-0.4, -0.2) is 16.1 Å². The number of carbonyl (C=O) groups is 1. The van der Waals surface area contributed by atoms with Gasteiger partial charge in [-0.2, -0.15) is 0 Å². The third-order valence-corrected chi connectivity index (χ3v) is 2.51. The predicted molar refractivity (Wildman–Crippen MR) is 46.3 cm³/mol. The topological polar surface area (TPSA) is 54.9 Å². The van der Waals surface area contributed by atoms with Gasteiger partial charge in [-0.3, -0.25) is 4.79 Å². The Morgan fingerprint density at radius 3 is 2.83 bits per heavy atom. The van der Waals surface area contributed by atoms with E-state index in [-0.39, 0.29) is 11.8 Å². The van der Waals surface area contributed by atoms with Crippen LogP contribution in [0.4, 0.5) is 5.13 Å². The minimum atomic E-state index is 0.0304. The van der Waals surface area contributed by atoms with Crippen molar-refractivity contribution in [3.05, 3.63) is 4.47 Å². The van der Waals surface area contributed by atoms with Crippen molar-refractivity contribution in [2.45, 2.75) is 12.8 Å². The van der Waals surface area contributed by atoms with Gasteiger partial charge in [0.1, 0.15) is 0 Å². The molecular formula is C6H6ClN3OS. The molecule has 12 heavy (non-hydrogen) atoms. The number of carbonyl (C=O) groups excluding carboxylic acids is 1. The van der Waals surface area contributed by atoms with Crippen LogP contribution in [0, 0.1) is 5.92 Å². The van der Waals surface area contributed by atoms with E-state index in [1.54, 1.807) is 0 Å². The number of amides is 1. The van der Waals surface area contributed by atoms with Crippen LogP contribution in [0.25, 0.3) is 0 Å². The van der Waals surface area contributed by atoms with Crippen molar-refractivity contribution in [3.8, 4) is 0 Å². The molecule has 64 valence electrons. The number of hydrogen-bond acceptors (Lipinski definition) is 4. The predicted octanol–water partition coefficient (Wildman–Crippen LogP) is 1.54. The molecule has 1 saturated carbocycles. The van der Waals surface area contributed by atoms with Gasteiger partial charge in [-0.05, 0) is 24.4 Å². The van der Waals surface area contributed by atoms with E-state index in [2.05, 4.69) is 15.5 Å². The Hall–Kier alpha value is -0.680. The Morgan fingerprint density at radius 2 is 2.33 bits per heavy atom. The lowest BCUT2D eigenvalue weighted by atomic mass is 10.4. The van der Waals surface area contributed by atoms with Crippen LogP contribution < -0.4 is 5.32 Å². The highest BCUT2D eigenvalue weighted by atomic mass is 35.5. The first-order valence-corrected chi connectivity index (χ1v) is 4.75. The summed E-state index contributed by atoms with van der Waals surface area (Å²) in [5, 5.41) is 10.4. The van der Waals surface area contributed by atoms with Gasteiger partial charge in [0.05, 0.1) is 0 Å². The quantitative estimate of drug-likeness (QED) is 0.794. The molecule has 0 bridgehead atoms. The maximum Gasteiger partial charge on any atom is 0.229 e. The van der Waals surface area contributed by atoms with Crippen LogP contribution in [0.2, 0.25) is 4.47 Å². The monoisotopic (exact) mass is 203 g/mol. The third-order valence-electron chi connectivity index (χ3n) is 1.58. The fourth-order valence-electron chi connectivity index (χ4n) is 0.809. The molecule has 0 aliphatic heterocycles. The zero-order chi connectivity index (χ0) is 8.55. The molecule has 6 heteroatoms. The molecule has 0 saturated heterocycles. The van der Waals surface area contributed by atoms with Gasteiger partial charge in [0.2, 0.25) is 15.5 Å². The van der Waals surface area contributed by atoms with Crippen LogP contribution >= 0.6 is 22.9 Å². The van der Waals surface area contributed by atoms with E-state index in [0.717, 1.165) is 12.8 Å². The third kappa shape index (κ3) is 1.73. The lowest BCUT2D eigenvalue weighted by Crippen LogP contribution is -2.12. The van der Waals surface area contributed by atoms with Crippen molar-refractivity contribution in [3.63, 3.8) is 0 Å². The minimum absolute atomic E-state index is 0.0304. The standard InChI is InChI=1S/C6H6ClN3OS/c7-5-9-10-6(12-5)8-4(11)3-1-2-3/h3H,1-2H2,(H,8,10,11). The first kappa shape index (κ1) is 7.94. The van der Waals surface area contributed by atoms with Crippen molar-refractivity contribution in [1.82, 2.24) is 10.2 Å². The maximum absolute atomic E-state index is 11.2. The number of halogens is 1. The van der Waals surface area contributed by atoms with Gasteiger partial charge in [0, 0.05) is 5.92 Å². The number of anilines is 1. The van der Waals surface area contributed by atoms with Crippen molar-refractivity contribution in [2.75, 3.05) is 5.32 Å². The van der Waals surface area contributed by atoms with Crippen LogP contribution in [0.15, 0.2) is 0 Å². The van der Waals surface area contributed by atoms with Crippen LogP contribution in [0.5, 0.6) is 0 Å². The molecule has 2 rings (SSSR count). The second-order valence-electron chi connectivity index (χ2n) is 2.62. The fourth-order valence-corrected chi connectivity index (χ4v) is 1.54. The summed E-state index contributed by atoms with van der Waals surface area (Å²) in [5.74, 6) is 0.218. The summed E-state index contributed by atoms with van der Waals surface area (Å²) in [5.41, 5.74) is 0. The lowest BCUT2D eigenvalue weighted by Gasteiger charge is -1.95. The molecule has 1 aliphatic rings. The highest BCUT2D eigenvalue weighted by Crippen LogP contribution is 2.30. The largest absolute Gasteiger partial charge is 0.300 e. The normalized spacial score (nSPS) is 16.1. The SMILES string of the molecule is O=C(Nc1nnc(Cl)s1)C1CC1. The molecule has 4 nitrogen and oxygen atoms in total. The van der Waals surface area contributed by atoms with E-state index in [9.17, 15) is 4.79 Å². The van der Waals surface area contributed by atoms with Gasteiger partial charge in [-0.1, -0.05) is 11.3 Å². The first-order valence-electron chi connectivity index (χ1n) is 3.55. The van der Waals surface area contributed by atoms with Crippen LogP contribution in [0.3, 0.4) is 0 Å². The average Bonchev–Trinajstić information content (AvgIpc) is 2.78. The molecular weight excluding hydrogens is 198 g/mol. The molecule has 1 aromatic rings. The summed E-state index contributed by atoms with van der Waals surface area (Å²) in [7, 11) is 0. The number of nitrogens with zero attached hydrogens (tertiary/aromatic N) is 2. The molecule has 1 amide bonds. The van der Waals surface area contributed by atoms with E-state index >= 15 is 0 Å². The highest BCUT2D eigenvalue weighted by molar-refractivity contribution is 7.19. The van der Waals surface area contributed by atoms with Crippen LogP contribution in [0.1, 0.15) is 12.8 Å². The summed E-state index contributed by atoms with van der Waals surface area (Å²) < 4.78 is 0.348. The zero-order valence-corrected chi connectivity index (χ0v) is 7.65. The number of rotatable bonds is 2. The van der Waals surface area contributed by atoms with E-state index in [4.69, 9.17) is 11.6 Å². The van der Waals surface area contributed by atoms with Gasteiger partial charge >= 0.3 is 0 Å². The summed E-state index contributed by atoms with van der Waals surface area (Å²) >= 11 is 6.71. The molecule has 1 fully saturated rings. The maximum atomic E-state index is 11.2. The molecule has 0 spiro atoms. The molecule has 1 aliphatic carbocycles. The van der Waals surface area contributed by atoms with E-state index in [0.29, 0.717) is 9.60 Å². The van der Waals surface area contributed by atoms with Crippen molar-refractivity contribution in [1.29, 1.82) is 0 Å². The van der Waals surface area contributed by atoms with Crippen molar-refractivity contribution >= 4 is 34.0 Å². The molecule has 0 atom stereocenters. The van der Waals surface area contributed by atoms with E-state index in [1.165, 1.54) is 11.3 Å². The second kappa shape index (κ2) is 2.99. The first-order chi connectivity index (χ1) is 5.75. The summed E-state index contributed by atoms with van der Waals surface area (Å²) in [6.45, 7) is 0. The number of nitrogens with one attached hydrogen (secondary N) is 1. The van der Waals surface area contributed by atoms with Gasteiger partial charge in [0.25, 0.3) is 0 Å².